The summed E-state index contributed by atoms with van der Waals surface area (Å²) < 4.78 is 0. The van der Waals surface area contributed by atoms with E-state index in [1.165, 1.54) is 0 Å². The van der Waals surface area contributed by atoms with Gasteiger partial charge >= 0.3 is 0 Å². The van der Waals surface area contributed by atoms with Crippen molar-refractivity contribution in [2.45, 2.75) is 0 Å². The molecule has 0 bridgehead atoms. The Hall–Kier alpha value is 4.83. The van der Waals surface area contributed by atoms with Crippen molar-refractivity contribution in [1.29, 1.82) is 0 Å². The minimum atomic E-state index is 0. The first kappa shape index (κ1) is 23.2. The Morgan fingerprint density at radius 3 is 1.00 bits per heavy atom. The van der Waals surface area contributed by atoms with E-state index < -0.39 is 0 Å². The summed E-state index contributed by atoms with van der Waals surface area (Å²) in [4.78, 5) is 0. The summed E-state index contributed by atoms with van der Waals surface area (Å²) in [6.07, 6.45) is 0. The van der Waals surface area contributed by atoms with Crippen molar-refractivity contribution in [1.82, 2.24) is 0 Å². The third-order valence-electron chi connectivity index (χ3n) is 0. The summed E-state index contributed by atoms with van der Waals surface area (Å²) in [5.74, 6) is 0. The molecular weight excluding hydrogens is 320 g/mol. The van der Waals surface area contributed by atoms with Gasteiger partial charge in [-0.1, -0.05) is 0 Å². The molecule has 0 saturated heterocycles. The second kappa shape index (κ2) is 15.7. The van der Waals surface area contributed by atoms with Crippen molar-refractivity contribution in [3.8, 4) is 0 Å². The largest absolute Gasteiger partial charge is 0 e. The Balaban J connectivity index is 0. The van der Waals surface area contributed by atoms with Gasteiger partial charge in [-0.05, 0) is 0 Å². The third-order valence-corrected chi connectivity index (χ3v) is 0. The van der Waals surface area contributed by atoms with Crippen LogP contribution in [0.5, 0.6) is 0 Å². The van der Waals surface area contributed by atoms with Gasteiger partial charge in [-0.15, -0.1) is 0 Å². The monoisotopic (exact) mass is 321 g/mol. The predicted molar refractivity (Wildman–Crippen MR) is 17.3 cm³/mol. The summed E-state index contributed by atoms with van der Waals surface area (Å²) in [5, 5.41) is 0. The Morgan fingerprint density at radius 1 is 1.00 bits per heavy atom. The fourth-order valence-corrected chi connectivity index (χ4v) is 0. The molecule has 0 N–H and O–H groups in total. The first-order chi connectivity index (χ1) is 0. The fourth-order valence-electron chi connectivity index (χ4n) is 0. The molecule has 0 amide bonds. The van der Waals surface area contributed by atoms with Gasteiger partial charge < -0.3 is 0 Å². The fraction of sp³-hybridized carbons (Fsp3) is 0. The molecule has 0 nitrogen and oxygen atoms in total. The van der Waals surface area contributed by atoms with Gasteiger partial charge in [0, 0.05) is 149 Å². The molecule has 4 heavy (non-hydrogen) atoms. The zero-order valence-corrected chi connectivity index (χ0v) is 13.8. The summed E-state index contributed by atoms with van der Waals surface area (Å²) >= 11 is 0. The van der Waals surface area contributed by atoms with Crippen molar-refractivity contribution >= 4 is 132 Å². The van der Waals surface area contributed by atoms with Crippen molar-refractivity contribution < 1.29 is 17.1 Å². The van der Waals surface area contributed by atoms with Crippen LogP contribution in [0.1, 0.15) is 0 Å². The van der Waals surface area contributed by atoms with Gasteiger partial charge in [0.15, 0.2) is 0 Å². The maximum Gasteiger partial charge on any atom is 0 e. The Labute approximate surface area is 144 Å². The SMILES string of the molecule is [Ba].[Ca].[Mn].[Sr]. The summed E-state index contributed by atoms with van der Waals surface area (Å²) in [5.41, 5.74) is 0. The minimum absolute atomic E-state index is 0. The molecule has 0 aliphatic carbocycles. The zero-order valence-electron chi connectivity index (χ0n) is 2.50. The Kier molecular flexibility index (Phi) is 90.8. The van der Waals surface area contributed by atoms with Gasteiger partial charge in [0.25, 0.3) is 0 Å². The van der Waals surface area contributed by atoms with Gasteiger partial charge in [-0.3, -0.25) is 0 Å². The van der Waals surface area contributed by atoms with Crippen molar-refractivity contribution in [2.75, 3.05) is 0 Å². The van der Waals surface area contributed by atoms with Crippen LogP contribution in [0.4, 0.5) is 0 Å². The average molecular weight is 320 g/mol. The van der Waals surface area contributed by atoms with Crippen LogP contribution in [-0.4, -0.2) is 132 Å². The van der Waals surface area contributed by atoms with Crippen LogP contribution in [0, 0.1) is 0 Å². The zero-order chi connectivity index (χ0) is 0. The molecular formula is BaCaMnSr. The second-order valence-electron chi connectivity index (χ2n) is 0. The standard InChI is InChI=1S/Ba.Ca.Mn.Sr. The van der Waals surface area contributed by atoms with Gasteiger partial charge in [-0.25, -0.2) is 0 Å². The smallest absolute Gasteiger partial charge is 0 e. The van der Waals surface area contributed by atoms with E-state index in [0.717, 1.165) is 0 Å². The first-order valence-corrected chi connectivity index (χ1v) is 0. The molecule has 0 rings (SSSR count). The predicted octanol–water partition coefficient (Wildman–Crippen LogP) is -1.14. The van der Waals surface area contributed by atoms with Crippen LogP contribution in [0.15, 0.2) is 0 Å². The topological polar surface area (TPSA) is 0 Å². The minimum Gasteiger partial charge on any atom is 0 e. The van der Waals surface area contributed by atoms with Crippen LogP contribution < -0.4 is 0 Å². The molecule has 0 heterocycles. The molecule has 7 radical (unpaired) electrons. The van der Waals surface area contributed by atoms with Gasteiger partial charge in [0.05, 0.1) is 0 Å². The van der Waals surface area contributed by atoms with Gasteiger partial charge in [-0.2, -0.15) is 0 Å². The van der Waals surface area contributed by atoms with Crippen LogP contribution in [-0.2, 0) is 17.1 Å². The number of rotatable bonds is 0. The molecule has 0 saturated carbocycles. The quantitative estimate of drug-likeness (QED) is 0.495. The van der Waals surface area contributed by atoms with E-state index in [0.29, 0.717) is 0 Å². The third kappa shape index (κ3) is 9.95. The van der Waals surface area contributed by atoms with Crippen molar-refractivity contribution in [3.63, 3.8) is 0 Å². The van der Waals surface area contributed by atoms with E-state index in [1.54, 1.807) is 0 Å². The van der Waals surface area contributed by atoms with E-state index in [1.807, 2.05) is 0 Å². The molecule has 0 unspecified atom stereocenters. The molecule has 0 aromatic rings. The van der Waals surface area contributed by atoms with Crippen molar-refractivity contribution in [3.05, 3.63) is 0 Å². The summed E-state index contributed by atoms with van der Waals surface area (Å²) in [6.45, 7) is 0. The first-order valence-electron chi connectivity index (χ1n) is 0. The van der Waals surface area contributed by atoms with Crippen molar-refractivity contribution in [2.24, 2.45) is 0 Å². The second-order valence-corrected chi connectivity index (χ2v) is 0. The summed E-state index contributed by atoms with van der Waals surface area (Å²) in [7, 11) is 0. The van der Waals surface area contributed by atoms with Gasteiger partial charge in [0.2, 0.25) is 0 Å². The molecule has 0 aliphatic rings. The van der Waals surface area contributed by atoms with Crippen LogP contribution >= 0.6 is 0 Å². The molecule has 13 valence electrons. The van der Waals surface area contributed by atoms with E-state index >= 15 is 0 Å². The molecule has 0 aliphatic heterocycles. The average Bonchev–Trinajstić information content (AvgIpc) is 0. The van der Waals surface area contributed by atoms with E-state index in [4.69, 9.17) is 0 Å². The molecule has 0 spiro atoms. The van der Waals surface area contributed by atoms with Crippen LogP contribution in [0.2, 0.25) is 0 Å². The van der Waals surface area contributed by atoms with Crippen LogP contribution in [0.3, 0.4) is 0 Å². The maximum absolute atomic E-state index is 0. The van der Waals surface area contributed by atoms with E-state index in [9.17, 15) is 0 Å². The number of hydrogen-bond acceptors (Lipinski definition) is 0. The normalized spacial score (nSPS) is 0. The van der Waals surface area contributed by atoms with E-state index in [2.05, 4.69) is 0 Å². The summed E-state index contributed by atoms with van der Waals surface area (Å²) in [6, 6.07) is 0. The molecule has 0 fully saturated rings. The Bertz CT molecular complexity index is 8.00. The molecule has 4 heteroatoms. The number of hydrogen-bond donors (Lipinski definition) is 0. The van der Waals surface area contributed by atoms with Crippen LogP contribution in [0.25, 0.3) is 0 Å². The van der Waals surface area contributed by atoms with Gasteiger partial charge in [0.1, 0.15) is 0 Å². The maximum atomic E-state index is 0. The molecule has 0 aromatic carbocycles. The van der Waals surface area contributed by atoms with E-state index in [-0.39, 0.29) is 149 Å². The molecule has 0 aromatic heterocycles. The molecule has 0 atom stereocenters. The Morgan fingerprint density at radius 2 is 1.00 bits per heavy atom.